The monoisotopic (exact) mass is 261 g/mol. The molecule has 0 heterocycles. The SMILES string of the molecule is NC(Cc1ccc(SCC(F)F)cc1)C(=O)O. The fourth-order valence-corrected chi connectivity index (χ4v) is 1.87. The molecular weight excluding hydrogens is 248 g/mol. The minimum Gasteiger partial charge on any atom is -0.480 e. The van der Waals surface area contributed by atoms with E-state index in [0.717, 1.165) is 22.2 Å². The second kappa shape index (κ2) is 6.56. The molecule has 1 aromatic carbocycles. The van der Waals surface area contributed by atoms with E-state index in [1.807, 2.05) is 0 Å². The third kappa shape index (κ3) is 5.14. The number of thioether (sulfide) groups is 1. The highest BCUT2D eigenvalue weighted by Gasteiger charge is 2.11. The fraction of sp³-hybridized carbons (Fsp3) is 0.364. The summed E-state index contributed by atoms with van der Waals surface area (Å²) in [6.07, 6.45) is -2.10. The van der Waals surface area contributed by atoms with Crippen molar-refractivity contribution >= 4 is 17.7 Å². The van der Waals surface area contributed by atoms with E-state index in [1.165, 1.54) is 0 Å². The number of hydrogen-bond donors (Lipinski definition) is 2. The smallest absolute Gasteiger partial charge is 0.320 e. The predicted molar refractivity (Wildman–Crippen MR) is 62.5 cm³/mol. The number of hydrogen-bond acceptors (Lipinski definition) is 3. The average Bonchev–Trinajstić information content (AvgIpc) is 2.28. The van der Waals surface area contributed by atoms with Crippen molar-refractivity contribution < 1.29 is 18.7 Å². The van der Waals surface area contributed by atoms with E-state index >= 15 is 0 Å². The number of alkyl halides is 2. The summed E-state index contributed by atoms with van der Waals surface area (Å²) in [5.41, 5.74) is 6.16. The van der Waals surface area contributed by atoms with E-state index in [4.69, 9.17) is 10.8 Å². The average molecular weight is 261 g/mol. The fourth-order valence-electron chi connectivity index (χ4n) is 1.22. The van der Waals surface area contributed by atoms with Gasteiger partial charge in [-0.2, -0.15) is 0 Å². The summed E-state index contributed by atoms with van der Waals surface area (Å²) in [6.45, 7) is 0. The van der Waals surface area contributed by atoms with Gasteiger partial charge in [-0.1, -0.05) is 12.1 Å². The van der Waals surface area contributed by atoms with E-state index in [0.29, 0.717) is 0 Å². The van der Waals surface area contributed by atoms with Crippen LogP contribution in [-0.4, -0.2) is 29.3 Å². The van der Waals surface area contributed by atoms with Gasteiger partial charge in [0, 0.05) is 4.90 Å². The van der Waals surface area contributed by atoms with Gasteiger partial charge < -0.3 is 10.8 Å². The first-order valence-electron chi connectivity index (χ1n) is 4.97. The van der Waals surface area contributed by atoms with Gasteiger partial charge in [-0.15, -0.1) is 11.8 Å². The van der Waals surface area contributed by atoms with Crippen LogP contribution < -0.4 is 5.73 Å². The second-order valence-corrected chi connectivity index (χ2v) is 4.59. The van der Waals surface area contributed by atoms with Crippen LogP contribution in [0.2, 0.25) is 0 Å². The Morgan fingerprint density at radius 2 is 1.94 bits per heavy atom. The number of carbonyl (C=O) groups is 1. The highest BCUT2D eigenvalue weighted by Crippen LogP contribution is 2.20. The maximum absolute atomic E-state index is 12.0. The first-order valence-corrected chi connectivity index (χ1v) is 5.96. The number of halogens is 2. The number of aliphatic carboxylic acids is 1. The highest BCUT2D eigenvalue weighted by molar-refractivity contribution is 7.99. The van der Waals surface area contributed by atoms with Crippen molar-refractivity contribution in [1.82, 2.24) is 0 Å². The largest absolute Gasteiger partial charge is 0.480 e. The van der Waals surface area contributed by atoms with Crippen molar-refractivity contribution in [3.8, 4) is 0 Å². The van der Waals surface area contributed by atoms with E-state index in [-0.39, 0.29) is 12.2 Å². The predicted octanol–water partition coefficient (Wildman–Crippen LogP) is 2.00. The molecule has 0 bridgehead atoms. The molecule has 3 nitrogen and oxygen atoms in total. The van der Waals surface area contributed by atoms with Gasteiger partial charge in [0.2, 0.25) is 6.43 Å². The van der Waals surface area contributed by atoms with Crippen LogP contribution in [0, 0.1) is 0 Å². The Morgan fingerprint density at radius 3 is 2.41 bits per heavy atom. The van der Waals surface area contributed by atoms with Crippen molar-refractivity contribution in [3.05, 3.63) is 29.8 Å². The van der Waals surface area contributed by atoms with Crippen LogP contribution in [-0.2, 0) is 11.2 Å². The van der Waals surface area contributed by atoms with E-state index in [2.05, 4.69) is 0 Å². The molecule has 1 atom stereocenters. The summed E-state index contributed by atoms with van der Waals surface area (Å²) in [7, 11) is 0. The van der Waals surface area contributed by atoms with Crippen molar-refractivity contribution in [2.75, 3.05) is 5.75 Å². The molecule has 0 aliphatic rings. The van der Waals surface area contributed by atoms with Crippen LogP contribution in [0.1, 0.15) is 5.56 Å². The Bertz CT molecular complexity index is 370. The standard InChI is InChI=1S/C11H13F2NO2S/c12-10(13)6-17-8-3-1-7(2-4-8)5-9(14)11(15)16/h1-4,9-10H,5-6,14H2,(H,15,16). The van der Waals surface area contributed by atoms with Gasteiger partial charge in [0.15, 0.2) is 0 Å². The van der Waals surface area contributed by atoms with Crippen LogP contribution in [0.3, 0.4) is 0 Å². The molecule has 0 aliphatic carbocycles. The summed E-state index contributed by atoms with van der Waals surface area (Å²) in [4.78, 5) is 11.3. The number of carboxylic acid groups (broad SMARTS) is 1. The highest BCUT2D eigenvalue weighted by atomic mass is 32.2. The lowest BCUT2D eigenvalue weighted by molar-refractivity contribution is -0.138. The van der Waals surface area contributed by atoms with Gasteiger partial charge in [0.1, 0.15) is 6.04 Å². The lowest BCUT2D eigenvalue weighted by Gasteiger charge is -2.07. The van der Waals surface area contributed by atoms with Crippen LogP contribution in [0.25, 0.3) is 0 Å². The summed E-state index contributed by atoms with van der Waals surface area (Å²) < 4.78 is 23.9. The molecule has 0 aromatic heterocycles. The van der Waals surface area contributed by atoms with Crippen molar-refractivity contribution in [3.63, 3.8) is 0 Å². The second-order valence-electron chi connectivity index (χ2n) is 3.49. The van der Waals surface area contributed by atoms with Gasteiger partial charge in [-0.05, 0) is 24.1 Å². The third-order valence-corrected chi connectivity index (χ3v) is 3.10. The molecule has 0 radical (unpaired) electrons. The number of benzene rings is 1. The zero-order valence-corrected chi connectivity index (χ0v) is 9.79. The summed E-state index contributed by atoms with van der Waals surface area (Å²) in [6, 6.07) is 5.86. The van der Waals surface area contributed by atoms with E-state index in [9.17, 15) is 13.6 Å². The molecule has 3 N–H and O–H groups in total. The first-order chi connectivity index (χ1) is 7.99. The lowest BCUT2D eigenvalue weighted by Crippen LogP contribution is -2.32. The third-order valence-electron chi connectivity index (χ3n) is 2.07. The van der Waals surface area contributed by atoms with Crippen LogP contribution >= 0.6 is 11.8 Å². The molecule has 0 spiro atoms. The minimum absolute atomic E-state index is 0.231. The van der Waals surface area contributed by atoms with E-state index < -0.39 is 18.4 Å². The first kappa shape index (κ1) is 13.9. The summed E-state index contributed by atoms with van der Waals surface area (Å²) in [5, 5.41) is 8.63. The molecule has 94 valence electrons. The summed E-state index contributed by atoms with van der Waals surface area (Å²) >= 11 is 1.06. The molecular formula is C11H13F2NO2S. The topological polar surface area (TPSA) is 63.3 Å². The van der Waals surface area contributed by atoms with Crippen molar-refractivity contribution in [1.29, 1.82) is 0 Å². The molecule has 0 saturated heterocycles. The Labute approximate surface area is 102 Å². The Balaban J connectivity index is 2.53. The van der Waals surface area contributed by atoms with Crippen molar-refractivity contribution in [2.24, 2.45) is 5.73 Å². The summed E-state index contributed by atoms with van der Waals surface area (Å²) in [5.74, 6) is -1.30. The maximum atomic E-state index is 12.0. The van der Waals surface area contributed by atoms with Gasteiger partial charge in [0.25, 0.3) is 0 Å². The van der Waals surface area contributed by atoms with Crippen LogP contribution in [0.15, 0.2) is 29.2 Å². The van der Waals surface area contributed by atoms with Gasteiger partial charge in [0.05, 0.1) is 5.75 Å². The molecule has 0 fully saturated rings. The van der Waals surface area contributed by atoms with Gasteiger partial charge in [-0.25, -0.2) is 8.78 Å². The zero-order valence-electron chi connectivity index (χ0n) is 8.98. The molecule has 0 amide bonds. The molecule has 0 aliphatic heterocycles. The molecule has 1 aromatic rings. The number of rotatable bonds is 6. The molecule has 17 heavy (non-hydrogen) atoms. The molecule has 6 heteroatoms. The zero-order chi connectivity index (χ0) is 12.8. The number of nitrogens with two attached hydrogens (primary N) is 1. The lowest BCUT2D eigenvalue weighted by atomic mass is 10.1. The molecule has 1 rings (SSSR count). The van der Waals surface area contributed by atoms with Crippen LogP contribution in [0.5, 0.6) is 0 Å². The Kier molecular flexibility index (Phi) is 5.37. The minimum atomic E-state index is -2.33. The van der Waals surface area contributed by atoms with Crippen molar-refractivity contribution in [2.45, 2.75) is 23.8 Å². The molecule has 0 saturated carbocycles. The Morgan fingerprint density at radius 1 is 1.35 bits per heavy atom. The van der Waals surface area contributed by atoms with Gasteiger partial charge >= 0.3 is 5.97 Å². The number of carboxylic acids is 1. The Hall–Kier alpha value is -1.14. The van der Waals surface area contributed by atoms with E-state index in [1.54, 1.807) is 24.3 Å². The van der Waals surface area contributed by atoms with Gasteiger partial charge in [-0.3, -0.25) is 4.79 Å². The van der Waals surface area contributed by atoms with Crippen LogP contribution in [0.4, 0.5) is 8.78 Å². The quantitative estimate of drug-likeness (QED) is 0.769. The molecule has 1 unspecified atom stereocenters. The normalized spacial score (nSPS) is 12.7. The maximum Gasteiger partial charge on any atom is 0.320 e.